The van der Waals surface area contributed by atoms with Gasteiger partial charge < -0.3 is 20.4 Å². The van der Waals surface area contributed by atoms with E-state index in [0.717, 1.165) is 27.6 Å². The van der Waals surface area contributed by atoms with Crippen molar-refractivity contribution in [2.75, 3.05) is 27.7 Å². The van der Waals surface area contributed by atoms with Gasteiger partial charge >= 0.3 is 0 Å². The Hall–Kier alpha value is -4.82. The number of hydrogen-bond acceptors (Lipinski definition) is 5. The summed E-state index contributed by atoms with van der Waals surface area (Å²) in [6.07, 6.45) is 6.68. The van der Waals surface area contributed by atoms with Crippen molar-refractivity contribution in [1.29, 1.82) is 0 Å². The van der Waals surface area contributed by atoms with E-state index in [9.17, 15) is 14.4 Å². The average Bonchev–Trinajstić information content (AvgIpc) is 3.07. The molecule has 0 fully saturated rings. The Balaban J connectivity index is 1.64. The van der Waals surface area contributed by atoms with Crippen molar-refractivity contribution in [3.8, 4) is 0 Å². The molecule has 0 spiro atoms. The van der Waals surface area contributed by atoms with Crippen LogP contribution in [0.4, 0.5) is 0 Å². The summed E-state index contributed by atoms with van der Waals surface area (Å²) < 4.78 is 0. The molecule has 1 heterocycles. The quantitative estimate of drug-likeness (QED) is 0.196. The molecule has 47 heavy (non-hydrogen) atoms. The fourth-order valence-corrected chi connectivity index (χ4v) is 5.52. The van der Waals surface area contributed by atoms with E-state index in [1.807, 2.05) is 98.8 Å². The van der Waals surface area contributed by atoms with Crippen molar-refractivity contribution in [2.45, 2.75) is 57.2 Å². The van der Waals surface area contributed by atoms with Crippen LogP contribution in [0, 0.1) is 0 Å². The number of carbonyl (C=O) groups excluding carboxylic acids is 3. The molecule has 246 valence electrons. The zero-order chi connectivity index (χ0) is 34.0. The van der Waals surface area contributed by atoms with Crippen molar-refractivity contribution in [3.63, 3.8) is 0 Å². The lowest BCUT2D eigenvalue weighted by Crippen LogP contribution is -2.56. The van der Waals surface area contributed by atoms with E-state index in [2.05, 4.69) is 11.1 Å². The molecule has 0 aliphatic heterocycles. The lowest BCUT2D eigenvalue weighted by molar-refractivity contribution is -0.148. The first-order valence-corrected chi connectivity index (χ1v) is 16.1. The van der Waals surface area contributed by atoms with Gasteiger partial charge in [-0.15, -0.1) is 0 Å². The number of benzene rings is 3. The van der Waals surface area contributed by atoms with Gasteiger partial charge in [-0.1, -0.05) is 84.9 Å². The van der Waals surface area contributed by atoms with Crippen LogP contribution in [-0.2, 0) is 33.6 Å². The van der Waals surface area contributed by atoms with Crippen LogP contribution in [0.15, 0.2) is 109 Å². The number of pyridine rings is 1. The summed E-state index contributed by atoms with van der Waals surface area (Å²) in [5.41, 5.74) is 8.39. The maximum Gasteiger partial charge on any atom is 0.246 e. The molecule has 0 saturated carbocycles. The third kappa shape index (κ3) is 10.1. The van der Waals surface area contributed by atoms with E-state index in [-0.39, 0.29) is 24.1 Å². The molecule has 0 aliphatic rings. The minimum Gasteiger partial charge on any atom is -0.344 e. The summed E-state index contributed by atoms with van der Waals surface area (Å²) in [5.74, 6) is -0.793. The van der Waals surface area contributed by atoms with E-state index < -0.39 is 17.6 Å². The molecule has 1 unspecified atom stereocenters. The molecule has 0 radical (unpaired) electrons. The molecule has 2 atom stereocenters. The smallest absolute Gasteiger partial charge is 0.246 e. The zero-order valence-corrected chi connectivity index (χ0v) is 28.2. The van der Waals surface area contributed by atoms with Gasteiger partial charge in [-0.3, -0.25) is 19.4 Å². The highest BCUT2D eigenvalue weighted by Gasteiger charge is 2.36. The third-order valence-electron chi connectivity index (χ3n) is 8.43. The average molecular weight is 634 g/mol. The number of carbonyl (C=O) groups is 3. The van der Waals surface area contributed by atoms with Crippen molar-refractivity contribution < 1.29 is 14.4 Å². The monoisotopic (exact) mass is 633 g/mol. The fraction of sp³-hybridized carbons (Fsp3) is 0.333. The summed E-state index contributed by atoms with van der Waals surface area (Å²) in [6.45, 7) is 4.23. The largest absolute Gasteiger partial charge is 0.344 e. The Kier molecular flexibility index (Phi) is 12.0. The Morgan fingerprint density at radius 1 is 0.766 bits per heavy atom. The summed E-state index contributed by atoms with van der Waals surface area (Å²) in [5, 5.41) is 2.14. The number of hydrogen-bond donors (Lipinski definition) is 1. The molecule has 0 saturated heterocycles. The first kappa shape index (κ1) is 35.0. The predicted octanol–water partition coefficient (Wildman–Crippen LogP) is 5.06. The minimum absolute atomic E-state index is 0.177. The standard InChI is InChI=1S/C39H47N5O3/c1-39(2,40)23-13-19-36(45)43(4)35(28-30-20-21-31-16-9-10-17-32(31)26-30)38(47)44(5)34(27-29-14-7-6-8-15-29)37(46)42(3)25-22-33-18-11-12-24-41-33/h6-21,24,26,34-35H,22-23,25,27-28,40H2,1-5H3/b19-13+/t34-,35?/m1/s1. The van der Waals surface area contributed by atoms with E-state index >= 15 is 0 Å². The molecular weight excluding hydrogens is 586 g/mol. The van der Waals surface area contributed by atoms with Gasteiger partial charge in [0.2, 0.25) is 17.7 Å². The molecule has 0 aliphatic carbocycles. The first-order valence-electron chi connectivity index (χ1n) is 16.1. The van der Waals surface area contributed by atoms with Crippen molar-refractivity contribution in [2.24, 2.45) is 5.73 Å². The minimum atomic E-state index is -0.853. The van der Waals surface area contributed by atoms with Crippen LogP contribution in [0.2, 0.25) is 0 Å². The molecule has 3 amide bonds. The fourth-order valence-electron chi connectivity index (χ4n) is 5.52. The SMILES string of the molecule is CN(CCc1ccccn1)C(=O)[C@@H](Cc1ccccc1)N(C)C(=O)C(Cc1ccc2ccccc2c1)N(C)C(=O)/C=C/CC(C)(C)N. The van der Waals surface area contributed by atoms with E-state index in [1.165, 1.54) is 15.9 Å². The van der Waals surface area contributed by atoms with Gasteiger partial charge in [-0.25, -0.2) is 0 Å². The maximum atomic E-state index is 14.5. The molecule has 3 aromatic carbocycles. The molecule has 8 heteroatoms. The molecule has 0 bridgehead atoms. The van der Waals surface area contributed by atoms with Crippen molar-refractivity contribution in [3.05, 3.63) is 126 Å². The normalized spacial score (nSPS) is 12.9. The second-order valence-corrected chi connectivity index (χ2v) is 12.9. The second kappa shape index (κ2) is 16.1. The van der Waals surface area contributed by atoms with Gasteiger partial charge in [0.1, 0.15) is 12.1 Å². The van der Waals surface area contributed by atoms with Gasteiger partial charge in [-0.2, -0.15) is 0 Å². The Labute approximate surface area is 278 Å². The van der Waals surface area contributed by atoms with E-state index in [4.69, 9.17) is 5.73 Å². The van der Waals surface area contributed by atoms with Gasteiger partial charge in [-0.05, 0) is 60.4 Å². The molecule has 4 aromatic rings. The molecule has 4 rings (SSSR count). The maximum absolute atomic E-state index is 14.5. The molecule has 2 N–H and O–H groups in total. The van der Waals surface area contributed by atoms with Gasteiger partial charge in [0.25, 0.3) is 0 Å². The zero-order valence-electron chi connectivity index (χ0n) is 28.2. The number of rotatable bonds is 14. The predicted molar refractivity (Wildman–Crippen MR) is 189 cm³/mol. The summed E-state index contributed by atoms with van der Waals surface area (Å²) in [4.78, 5) is 51.1. The number of nitrogens with zero attached hydrogens (tertiary/aromatic N) is 4. The van der Waals surface area contributed by atoms with Crippen molar-refractivity contribution in [1.82, 2.24) is 19.7 Å². The lowest BCUT2D eigenvalue weighted by atomic mass is 9.98. The van der Waals surface area contributed by atoms with Gasteiger partial charge in [0.15, 0.2) is 0 Å². The first-order chi connectivity index (χ1) is 22.4. The van der Waals surface area contributed by atoms with Crippen molar-refractivity contribution >= 4 is 28.5 Å². The highest BCUT2D eigenvalue weighted by atomic mass is 16.2. The van der Waals surface area contributed by atoms with Crippen LogP contribution in [0.3, 0.4) is 0 Å². The number of fused-ring (bicyclic) bond motifs is 1. The summed E-state index contributed by atoms with van der Waals surface area (Å²) in [6, 6.07) is 27.9. The Morgan fingerprint density at radius 3 is 2.09 bits per heavy atom. The van der Waals surface area contributed by atoms with E-state index in [0.29, 0.717) is 25.8 Å². The Morgan fingerprint density at radius 2 is 1.40 bits per heavy atom. The van der Waals surface area contributed by atoms with Crippen LogP contribution in [0.5, 0.6) is 0 Å². The number of nitrogens with two attached hydrogens (primary N) is 1. The Bertz CT molecular complexity index is 1670. The topological polar surface area (TPSA) is 99.8 Å². The third-order valence-corrected chi connectivity index (χ3v) is 8.43. The second-order valence-electron chi connectivity index (χ2n) is 12.9. The summed E-state index contributed by atoms with van der Waals surface area (Å²) >= 11 is 0. The summed E-state index contributed by atoms with van der Waals surface area (Å²) in [7, 11) is 5.07. The highest BCUT2D eigenvalue weighted by molar-refractivity contribution is 5.95. The number of likely N-dealkylation sites (N-methyl/N-ethyl adjacent to an activating group) is 3. The van der Waals surface area contributed by atoms with Crippen LogP contribution >= 0.6 is 0 Å². The van der Waals surface area contributed by atoms with Crippen LogP contribution in [0.25, 0.3) is 10.8 Å². The van der Waals surface area contributed by atoms with Gasteiger partial charge in [0.05, 0.1) is 0 Å². The van der Waals surface area contributed by atoms with Gasteiger partial charge in [0, 0.05) is 64.4 Å². The number of amides is 3. The van der Waals surface area contributed by atoms with E-state index in [1.54, 1.807) is 38.3 Å². The van der Waals surface area contributed by atoms with Crippen LogP contribution < -0.4 is 5.73 Å². The van der Waals surface area contributed by atoms with Crippen LogP contribution in [0.1, 0.15) is 37.1 Å². The molecule has 8 nitrogen and oxygen atoms in total. The number of aromatic nitrogens is 1. The van der Waals surface area contributed by atoms with Crippen LogP contribution in [-0.4, -0.2) is 82.7 Å². The molecular formula is C39H47N5O3. The highest BCUT2D eigenvalue weighted by Crippen LogP contribution is 2.21. The lowest BCUT2D eigenvalue weighted by Gasteiger charge is -2.36. The molecule has 1 aromatic heterocycles.